The van der Waals surface area contributed by atoms with E-state index in [2.05, 4.69) is 46.3 Å². The molecule has 2 aliphatic rings. The topological polar surface area (TPSA) is 162 Å². The van der Waals surface area contributed by atoms with Gasteiger partial charge < -0.3 is 16.0 Å². The highest BCUT2D eigenvalue weighted by Gasteiger charge is 2.56. The van der Waals surface area contributed by atoms with Crippen molar-refractivity contribution in [2.75, 3.05) is 11.9 Å². The van der Waals surface area contributed by atoms with Gasteiger partial charge in [0.05, 0.1) is 16.9 Å². The molecule has 0 radical (unpaired) electrons. The highest BCUT2D eigenvalue weighted by Crippen LogP contribution is 2.50. The number of nitrogens with zero attached hydrogens (tertiary/aromatic N) is 7. The van der Waals surface area contributed by atoms with Gasteiger partial charge in [-0.25, -0.2) is 19.3 Å². The molecule has 1 saturated carbocycles. The average molecular weight is 622 g/mol. The quantitative estimate of drug-likeness (QED) is 0.310. The second-order valence-electron chi connectivity index (χ2n) is 10.4. The van der Waals surface area contributed by atoms with Gasteiger partial charge in [0.15, 0.2) is 11.5 Å². The van der Waals surface area contributed by atoms with Crippen LogP contribution in [0.5, 0.6) is 0 Å². The largest absolute Gasteiger partial charge is 0.364 e. The van der Waals surface area contributed by atoms with Crippen LogP contribution < -0.4 is 11.1 Å². The fraction of sp³-hybridized carbons (Fsp3) is 0.333. The highest BCUT2D eigenvalue weighted by molar-refractivity contribution is 9.10. The number of halogens is 2. The lowest BCUT2D eigenvalue weighted by molar-refractivity contribution is -0.138. The molecule has 14 heteroatoms. The van der Waals surface area contributed by atoms with Gasteiger partial charge in [0.2, 0.25) is 11.8 Å². The monoisotopic (exact) mass is 621 g/mol. The third-order valence-corrected chi connectivity index (χ3v) is 8.16. The third-order valence-electron chi connectivity index (χ3n) is 7.60. The van der Waals surface area contributed by atoms with E-state index in [4.69, 9.17) is 5.73 Å². The second-order valence-corrected chi connectivity index (χ2v) is 11.2. The van der Waals surface area contributed by atoms with Crippen molar-refractivity contribution in [3.05, 3.63) is 57.7 Å². The van der Waals surface area contributed by atoms with E-state index in [1.807, 2.05) is 0 Å². The van der Waals surface area contributed by atoms with Crippen LogP contribution in [0.15, 0.2) is 29.1 Å². The summed E-state index contributed by atoms with van der Waals surface area (Å²) in [5, 5.41) is 7.60. The predicted octanol–water partition coefficient (Wildman–Crippen LogP) is 2.69. The number of pyridine rings is 2. The van der Waals surface area contributed by atoms with Crippen LogP contribution in [-0.2, 0) is 16.1 Å². The summed E-state index contributed by atoms with van der Waals surface area (Å²) in [4.78, 5) is 58.0. The van der Waals surface area contributed by atoms with Crippen molar-refractivity contribution in [2.45, 2.75) is 39.8 Å². The molecule has 1 saturated heterocycles. The maximum Gasteiger partial charge on any atom is 0.269 e. The number of carbonyl (C=O) groups excluding carboxylic acids is 3. The molecule has 3 amide bonds. The SMILES string of the molecule is Cc1ncc(-c2cc3c(C(N)=O)nn(CC(=O)N4CC5CC5C4C(=O)Nc4nc(Br)c(F)cc4C)c3c(C)n2)cn1. The van der Waals surface area contributed by atoms with Crippen LogP contribution in [0.3, 0.4) is 0 Å². The lowest BCUT2D eigenvalue weighted by Crippen LogP contribution is -2.47. The van der Waals surface area contributed by atoms with Gasteiger partial charge in [-0.1, -0.05) is 0 Å². The first kappa shape index (κ1) is 26.9. The first-order valence-corrected chi connectivity index (χ1v) is 13.7. The minimum absolute atomic E-state index is 0.00887. The number of amides is 3. The van der Waals surface area contributed by atoms with Gasteiger partial charge in [0.1, 0.15) is 28.8 Å². The van der Waals surface area contributed by atoms with E-state index in [0.29, 0.717) is 45.8 Å². The van der Waals surface area contributed by atoms with Crippen molar-refractivity contribution in [1.29, 1.82) is 0 Å². The maximum atomic E-state index is 13.8. The number of nitrogens with one attached hydrogen (secondary N) is 1. The Kier molecular flexibility index (Phi) is 6.52. The number of hydrogen-bond acceptors (Lipinski definition) is 8. The van der Waals surface area contributed by atoms with Gasteiger partial charge in [-0.2, -0.15) is 5.10 Å². The molecule has 2 fully saturated rings. The number of piperidine rings is 1. The number of aromatic nitrogens is 6. The van der Waals surface area contributed by atoms with Crippen LogP contribution in [0, 0.1) is 38.4 Å². The number of carbonyl (C=O) groups is 3. The lowest BCUT2D eigenvalue weighted by Gasteiger charge is -2.27. The van der Waals surface area contributed by atoms with E-state index < -0.39 is 17.8 Å². The van der Waals surface area contributed by atoms with Crippen molar-refractivity contribution in [3.63, 3.8) is 0 Å². The summed E-state index contributed by atoms with van der Waals surface area (Å²) in [6.45, 7) is 5.38. The summed E-state index contributed by atoms with van der Waals surface area (Å²) >= 11 is 3.05. The van der Waals surface area contributed by atoms with Crippen molar-refractivity contribution in [3.8, 4) is 11.3 Å². The number of nitrogens with two attached hydrogens (primary N) is 1. The van der Waals surface area contributed by atoms with E-state index in [1.165, 1.54) is 10.7 Å². The molecular formula is C27H25BrFN9O3. The van der Waals surface area contributed by atoms with Crippen LogP contribution in [0.4, 0.5) is 10.2 Å². The Morgan fingerprint density at radius 3 is 2.59 bits per heavy atom. The van der Waals surface area contributed by atoms with E-state index in [-0.39, 0.29) is 46.3 Å². The molecule has 0 spiro atoms. The van der Waals surface area contributed by atoms with Crippen LogP contribution in [0.2, 0.25) is 0 Å². The number of fused-ring (bicyclic) bond motifs is 2. The van der Waals surface area contributed by atoms with E-state index in [9.17, 15) is 18.8 Å². The molecule has 1 aliphatic carbocycles. The molecule has 41 heavy (non-hydrogen) atoms. The van der Waals surface area contributed by atoms with Crippen LogP contribution >= 0.6 is 15.9 Å². The molecule has 3 atom stereocenters. The predicted molar refractivity (Wildman–Crippen MR) is 149 cm³/mol. The van der Waals surface area contributed by atoms with Crippen molar-refractivity contribution in [2.24, 2.45) is 17.6 Å². The van der Waals surface area contributed by atoms with Crippen molar-refractivity contribution < 1.29 is 18.8 Å². The Labute approximate surface area is 241 Å². The average Bonchev–Trinajstić information content (AvgIpc) is 3.41. The molecule has 5 heterocycles. The zero-order valence-electron chi connectivity index (χ0n) is 22.4. The molecule has 3 unspecified atom stereocenters. The smallest absolute Gasteiger partial charge is 0.269 e. The number of rotatable bonds is 6. The van der Waals surface area contributed by atoms with Crippen molar-refractivity contribution >= 4 is 50.4 Å². The standard InChI is InChI=1S/C27H25BrFN9O3/c1-11-4-18(29)24(28)34-26(11)35-27(41)23-16-5-14(16)9-37(23)20(39)10-38-22-12(2)33-19(15-7-31-13(3)32-8-15)6-17(22)21(36-38)25(30)40/h4,6-8,14,16,23H,5,9-10H2,1-3H3,(H2,30,40)(H,34,35,41). The number of anilines is 1. The normalized spacial score (nSPS) is 19.3. The number of aryl methyl sites for hydroxylation is 3. The number of primary amides is 1. The van der Waals surface area contributed by atoms with Crippen molar-refractivity contribution in [1.82, 2.24) is 34.6 Å². The van der Waals surface area contributed by atoms with Gasteiger partial charge in [0, 0.05) is 29.9 Å². The molecule has 4 aromatic heterocycles. The Hall–Kier alpha value is -4.33. The molecule has 1 aliphatic heterocycles. The second kappa shape index (κ2) is 9.94. The molecule has 6 rings (SSSR count). The summed E-state index contributed by atoms with van der Waals surface area (Å²) in [5.41, 5.74) is 8.35. The molecule has 0 bridgehead atoms. The van der Waals surface area contributed by atoms with Crippen LogP contribution in [0.1, 0.15) is 34.0 Å². The first-order chi connectivity index (χ1) is 19.5. The number of hydrogen-bond donors (Lipinski definition) is 2. The van der Waals surface area contributed by atoms with Gasteiger partial charge >= 0.3 is 0 Å². The summed E-state index contributed by atoms with van der Waals surface area (Å²) < 4.78 is 15.2. The van der Waals surface area contributed by atoms with Gasteiger partial charge in [-0.15, -0.1) is 0 Å². The van der Waals surface area contributed by atoms with Crippen LogP contribution in [-0.4, -0.2) is 64.9 Å². The highest BCUT2D eigenvalue weighted by atomic mass is 79.9. The maximum absolute atomic E-state index is 13.8. The summed E-state index contributed by atoms with van der Waals surface area (Å²) in [7, 11) is 0. The fourth-order valence-corrected chi connectivity index (χ4v) is 5.81. The minimum atomic E-state index is -0.745. The summed E-state index contributed by atoms with van der Waals surface area (Å²) in [6, 6.07) is 2.25. The molecule has 3 N–H and O–H groups in total. The molecule has 4 aromatic rings. The summed E-state index contributed by atoms with van der Waals surface area (Å²) in [6.07, 6.45) is 4.12. The van der Waals surface area contributed by atoms with E-state index >= 15 is 0 Å². The number of likely N-dealkylation sites (tertiary alicyclic amines) is 1. The fourth-order valence-electron chi connectivity index (χ4n) is 5.52. The molecule has 0 aromatic carbocycles. The van der Waals surface area contributed by atoms with Gasteiger partial charge in [-0.05, 0) is 72.7 Å². The molecule has 12 nitrogen and oxygen atoms in total. The Morgan fingerprint density at radius 1 is 1.15 bits per heavy atom. The molecule has 210 valence electrons. The van der Waals surface area contributed by atoms with Gasteiger partial charge in [0.25, 0.3) is 5.91 Å². The third kappa shape index (κ3) is 4.81. The molecular weight excluding hydrogens is 597 g/mol. The Morgan fingerprint density at radius 2 is 1.88 bits per heavy atom. The zero-order chi connectivity index (χ0) is 29.2. The summed E-state index contributed by atoms with van der Waals surface area (Å²) in [5.74, 6) is -0.915. The Bertz CT molecular complexity index is 1760. The minimum Gasteiger partial charge on any atom is -0.364 e. The lowest BCUT2D eigenvalue weighted by atomic mass is 10.1. The Balaban J connectivity index is 1.29. The first-order valence-electron chi connectivity index (χ1n) is 12.9. The van der Waals surface area contributed by atoms with Crippen LogP contribution in [0.25, 0.3) is 22.2 Å². The van der Waals surface area contributed by atoms with E-state index in [0.717, 1.165) is 6.42 Å². The van der Waals surface area contributed by atoms with Gasteiger partial charge in [-0.3, -0.25) is 24.0 Å². The van der Waals surface area contributed by atoms with E-state index in [1.54, 1.807) is 44.1 Å². The zero-order valence-corrected chi connectivity index (χ0v) is 23.9.